The largest absolute Gasteiger partial charge is 0.490 e. The Labute approximate surface area is 134 Å². The highest BCUT2D eigenvalue weighted by atomic mass is 19.1. The molecular formula is C18H19FN2O2. The van der Waals surface area contributed by atoms with Crippen molar-refractivity contribution in [1.29, 1.82) is 0 Å². The minimum Gasteiger partial charge on any atom is -0.490 e. The number of rotatable bonds is 4. The summed E-state index contributed by atoms with van der Waals surface area (Å²) in [6.07, 6.45) is 0. The third-order valence-corrected chi connectivity index (χ3v) is 3.87. The fraction of sp³-hybridized carbons (Fsp3) is 0.278. The minimum atomic E-state index is -0.231. The predicted molar refractivity (Wildman–Crippen MR) is 87.1 cm³/mol. The summed E-state index contributed by atoms with van der Waals surface area (Å²) in [5.74, 6) is 0.509. The molecule has 4 nitrogen and oxygen atoms in total. The van der Waals surface area contributed by atoms with E-state index in [0.29, 0.717) is 25.3 Å². The van der Waals surface area contributed by atoms with Crippen LogP contribution >= 0.6 is 0 Å². The van der Waals surface area contributed by atoms with Crippen LogP contribution in [0.3, 0.4) is 0 Å². The van der Waals surface area contributed by atoms with Crippen LogP contribution in [0.5, 0.6) is 5.75 Å². The maximum Gasteiger partial charge on any atom is 0.239 e. The molecule has 1 N–H and O–H groups in total. The van der Waals surface area contributed by atoms with Crippen molar-refractivity contribution in [3.05, 3.63) is 59.4 Å². The lowest BCUT2D eigenvalue weighted by atomic mass is 10.1. The highest BCUT2D eigenvalue weighted by Crippen LogP contribution is 2.30. The van der Waals surface area contributed by atoms with E-state index >= 15 is 0 Å². The van der Waals surface area contributed by atoms with Gasteiger partial charge < -0.3 is 15.0 Å². The van der Waals surface area contributed by atoms with Crippen molar-refractivity contribution < 1.29 is 13.9 Å². The normalized spacial score (nSPS) is 13.2. The Morgan fingerprint density at radius 2 is 2.13 bits per heavy atom. The van der Waals surface area contributed by atoms with Gasteiger partial charge in [0.2, 0.25) is 5.91 Å². The molecule has 0 saturated heterocycles. The van der Waals surface area contributed by atoms with E-state index in [9.17, 15) is 9.18 Å². The van der Waals surface area contributed by atoms with Gasteiger partial charge in [-0.15, -0.1) is 0 Å². The van der Waals surface area contributed by atoms with Crippen LogP contribution in [0.25, 0.3) is 0 Å². The van der Waals surface area contributed by atoms with Gasteiger partial charge in [-0.1, -0.05) is 24.3 Å². The molecule has 0 aromatic heterocycles. The number of carbonyl (C=O) groups is 1. The van der Waals surface area contributed by atoms with Crippen molar-refractivity contribution in [3.63, 3.8) is 0 Å². The molecule has 0 bridgehead atoms. The molecule has 1 amide bonds. The summed E-state index contributed by atoms with van der Waals surface area (Å²) >= 11 is 0. The SMILES string of the molecule is Cc1cc(CNC(=O)CN2CCOc3ccccc32)ccc1F. The van der Waals surface area contributed by atoms with Crippen LogP contribution in [0.2, 0.25) is 0 Å². The van der Waals surface area contributed by atoms with Crippen LogP contribution in [0.1, 0.15) is 11.1 Å². The quantitative estimate of drug-likeness (QED) is 0.943. The van der Waals surface area contributed by atoms with E-state index < -0.39 is 0 Å². The first kappa shape index (κ1) is 15.3. The second kappa shape index (κ2) is 6.69. The molecule has 3 rings (SSSR count). The van der Waals surface area contributed by atoms with E-state index in [4.69, 9.17) is 4.74 Å². The van der Waals surface area contributed by atoms with Crippen LogP contribution in [-0.2, 0) is 11.3 Å². The average Bonchev–Trinajstić information content (AvgIpc) is 2.56. The Balaban J connectivity index is 1.59. The fourth-order valence-corrected chi connectivity index (χ4v) is 2.64. The lowest BCUT2D eigenvalue weighted by Crippen LogP contribution is -2.41. The molecule has 5 heteroatoms. The van der Waals surface area contributed by atoms with E-state index in [2.05, 4.69) is 5.32 Å². The second-order valence-electron chi connectivity index (χ2n) is 5.60. The molecule has 23 heavy (non-hydrogen) atoms. The summed E-state index contributed by atoms with van der Waals surface area (Å²) in [5.41, 5.74) is 2.41. The third-order valence-electron chi connectivity index (χ3n) is 3.87. The van der Waals surface area contributed by atoms with E-state index in [1.165, 1.54) is 6.07 Å². The molecule has 0 fully saturated rings. The first-order chi connectivity index (χ1) is 11.1. The molecule has 1 aliphatic heterocycles. The standard InChI is InChI=1S/C18H19FN2O2/c1-13-10-14(6-7-15(13)19)11-20-18(22)12-21-8-9-23-17-5-3-2-4-16(17)21/h2-7,10H,8-9,11-12H2,1H3,(H,20,22). The van der Waals surface area contributed by atoms with Crippen molar-refractivity contribution in [2.75, 3.05) is 24.6 Å². The fourth-order valence-electron chi connectivity index (χ4n) is 2.64. The number of fused-ring (bicyclic) bond motifs is 1. The number of benzene rings is 2. The van der Waals surface area contributed by atoms with E-state index in [1.807, 2.05) is 29.2 Å². The molecule has 0 aliphatic carbocycles. The Morgan fingerprint density at radius 1 is 1.30 bits per heavy atom. The Hall–Kier alpha value is -2.56. The molecule has 0 unspecified atom stereocenters. The number of nitrogens with one attached hydrogen (secondary N) is 1. The molecule has 0 radical (unpaired) electrons. The minimum absolute atomic E-state index is 0.0660. The van der Waals surface area contributed by atoms with Crippen LogP contribution in [0.15, 0.2) is 42.5 Å². The Bertz CT molecular complexity index is 718. The molecule has 0 saturated carbocycles. The van der Waals surface area contributed by atoms with Crippen LogP contribution < -0.4 is 15.0 Å². The zero-order valence-corrected chi connectivity index (χ0v) is 13.0. The molecule has 0 atom stereocenters. The lowest BCUT2D eigenvalue weighted by Gasteiger charge is -2.30. The average molecular weight is 314 g/mol. The number of hydrogen-bond donors (Lipinski definition) is 1. The molecular weight excluding hydrogens is 295 g/mol. The van der Waals surface area contributed by atoms with Gasteiger partial charge in [0.05, 0.1) is 18.8 Å². The van der Waals surface area contributed by atoms with Crippen molar-refractivity contribution in [3.8, 4) is 5.75 Å². The van der Waals surface area contributed by atoms with Gasteiger partial charge in [-0.05, 0) is 36.2 Å². The summed E-state index contributed by atoms with van der Waals surface area (Å²) in [4.78, 5) is 14.2. The maximum atomic E-state index is 13.2. The van der Waals surface area contributed by atoms with Crippen molar-refractivity contribution in [2.45, 2.75) is 13.5 Å². The van der Waals surface area contributed by atoms with Crippen LogP contribution in [0, 0.1) is 12.7 Å². The smallest absolute Gasteiger partial charge is 0.239 e. The molecule has 120 valence electrons. The molecule has 2 aromatic carbocycles. The van der Waals surface area contributed by atoms with Gasteiger partial charge in [0.1, 0.15) is 18.2 Å². The highest BCUT2D eigenvalue weighted by molar-refractivity contribution is 5.82. The number of hydrogen-bond acceptors (Lipinski definition) is 3. The van der Waals surface area contributed by atoms with Gasteiger partial charge in [0.15, 0.2) is 0 Å². The first-order valence-electron chi connectivity index (χ1n) is 7.62. The van der Waals surface area contributed by atoms with Gasteiger partial charge in [0.25, 0.3) is 0 Å². The van der Waals surface area contributed by atoms with Crippen molar-refractivity contribution in [1.82, 2.24) is 5.32 Å². The van der Waals surface area contributed by atoms with Crippen molar-refractivity contribution in [2.24, 2.45) is 0 Å². The van der Waals surface area contributed by atoms with Gasteiger partial charge in [-0.25, -0.2) is 4.39 Å². The zero-order chi connectivity index (χ0) is 16.2. The topological polar surface area (TPSA) is 41.6 Å². The van der Waals surface area contributed by atoms with E-state index in [0.717, 1.165) is 17.0 Å². The van der Waals surface area contributed by atoms with Crippen molar-refractivity contribution >= 4 is 11.6 Å². The molecule has 2 aromatic rings. The number of carbonyl (C=O) groups excluding carboxylic acids is 1. The Morgan fingerprint density at radius 3 is 2.96 bits per heavy atom. The second-order valence-corrected chi connectivity index (χ2v) is 5.60. The molecule has 1 aliphatic rings. The van der Waals surface area contributed by atoms with Gasteiger partial charge in [-0.3, -0.25) is 4.79 Å². The maximum absolute atomic E-state index is 13.2. The van der Waals surface area contributed by atoms with Crippen LogP contribution in [-0.4, -0.2) is 25.6 Å². The number of para-hydroxylation sites is 2. The third kappa shape index (κ3) is 3.62. The Kier molecular flexibility index (Phi) is 4.46. The summed E-state index contributed by atoms with van der Waals surface area (Å²) in [6, 6.07) is 12.6. The van der Waals surface area contributed by atoms with E-state index in [-0.39, 0.29) is 18.3 Å². The van der Waals surface area contributed by atoms with Gasteiger partial charge >= 0.3 is 0 Å². The number of halogens is 1. The monoisotopic (exact) mass is 314 g/mol. The summed E-state index contributed by atoms with van der Waals surface area (Å²) < 4.78 is 18.8. The van der Waals surface area contributed by atoms with Gasteiger partial charge in [0, 0.05) is 6.54 Å². The van der Waals surface area contributed by atoms with E-state index in [1.54, 1.807) is 19.1 Å². The number of nitrogens with zero attached hydrogens (tertiary/aromatic N) is 1. The first-order valence-corrected chi connectivity index (χ1v) is 7.62. The lowest BCUT2D eigenvalue weighted by molar-refractivity contribution is -0.120. The predicted octanol–water partition coefficient (Wildman–Crippen LogP) is 2.65. The highest BCUT2D eigenvalue weighted by Gasteiger charge is 2.19. The number of aryl methyl sites for hydroxylation is 1. The van der Waals surface area contributed by atoms with Crippen LogP contribution in [0.4, 0.5) is 10.1 Å². The number of ether oxygens (including phenoxy) is 1. The molecule has 0 spiro atoms. The summed E-state index contributed by atoms with van der Waals surface area (Å²) in [7, 11) is 0. The number of anilines is 1. The molecule has 1 heterocycles. The summed E-state index contributed by atoms with van der Waals surface area (Å²) in [6.45, 7) is 3.64. The number of amides is 1. The summed E-state index contributed by atoms with van der Waals surface area (Å²) in [5, 5.41) is 2.88. The van der Waals surface area contributed by atoms with Gasteiger partial charge in [-0.2, -0.15) is 0 Å². The zero-order valence-electron chi connectivity index (χ0n) is 13.0.